The van der Waals surface area contributed by atoms with Crippen LogP contribution >= 0.6 is 0 Å². The number of carbonyl (C=O) groups excluding carboxylic acids is 6. The van der Waals surface area contributed by atoms with Crippen molar-refractivity contribution in [2.75, 3.05) is 26.2 Å². The fraction of sp³-hybridized carbons (Fsp3) is 0.552. The van der Waals surface area contributed by atoms with Crippen LogP contribution in [-0.2, 0) is 33.5 Å². The Labute approximate surface area is 253 Å². The lowest BCUT2D eigenvalue weighted by atomic mass is 9.79. The van der Waals surface area contributed by atoms with Gasteiger partial charge in [0.25, 0.3) is 0 Å². The van der Waals surface area contributed by atoms with Crippen LogP contribution in [0.15, 0.2) is 30.3 Å². The van der Waals surface area contributed by atoms with E-state index in [0.717, 1.165) is 4.90 Å². The minimum absolute atomic E-state index is 0.0969. The minimum atomic E-state index is -2.03. The number of hydrogen-bond acceptors (Lipinski definition) is 9. The van der Waals surface area contributed by atoms with Gasteiger partial charge in [0.1, 0.15) is 30.3 Å². The number of carboxylic acid groups (broad SMARTS) is 1. The van der Waals surface area contributed by atoms with Crippen molar-refractivity contribution in [2.45, 2.75) is 64.4 Å². The van der Waals surface area contributed by atoms with Crippen molar-refractivity contribution in [1.29, 1.82) is 0 Å². The van der Waals surface area contributed by atoms with Gasteiger partial charge in [0.2, 0.25) is 11.8 Å². The Morgan fingerprint density at radius 3 is 2.27 bits per heavy atom. The van der Waals surface area contributed by atoms with Crippen LogP contribution in [0.5, 0.6) is 0 Å². The SMILES string of the molecule is CCN1CCN(C(=O)NC(C(=O)NC2C(=O)N3C(C(=O)O)C(C)C(O)(COC(=O)C(C)(C)C)[C@H]23)c2ccccc2)C(=O)C1=O. The van der Waals surface area contributed by atoms with E-state index in [4.69, 9.17) is 4.74 Å². The van der Waals surface area contributed by atoms with Gasteiger partial charge in [0.15, 0.2) is 0 Å². The Balaban J connectivity index is 1.58. The number of esters is 1. The van der Waals surface area contributed by atoms with Gasteiger partial charge in [-0.3, -0.25) is 28.9 Å². The second kappa shape index (κ2) is 11.9. The van der Waals surface area contributed by atoms with E-state index in [2.05, 4.69) is 10.6 Å². The molecule has 0 aromatic heterocycles. The molecular formula is C29H37N5O10. The molecule has 3 aliphatic rings. The number of urea groups is 1. The van der Waals surface area contributed by atoms with E-state index >= 15 is 0 Å². The van der Waals surface area contributed by atoms with Crippen molar-refractivity contribution >= 4 is 41.6 Å². The van der Waals surface area contributed by atoms with E-state index in [1.54, 1.807) is 45.9 Å². The molecule has 4 N–H and O–H groups in total. The number of piperazine rings is 1. The highest BCUT2D eigenvalue weighted by atomic mass is 16.5. The summed E-state index contributed by atoms with van der Waals surface area (Å²) in [5.74, 6) is -6.71. The number of carboxylic acids is 1. The van der Waals surface area contributed by atoms with Gasteiger partial charge in [-0.2, -0.15) is 0 Å². The first-order valence-corrected chi connectivity index (χ1v) is 14.3. The van der Waals surface area contributed by atoms with E-state index < -0.39 is 89.3 Å². The molecule has 0 radical (unpaired) electrons. The van der Waals surface area contributed by atoms with Crippen LogP contribution in [0.25, 0.3) is 0 Å². The molecule has 15 heteroatoms. The largest absolute Gasteiger partial charge is 0.480 e. The Morgan fingerprint density at radius 1 is 1.07 bits per heavy atom. The van der Waals surface area contributed by atoms with Gasteiger partial charge in [0.05, 0.1) is 11.5 Å². The standard InChI is InChI=1S/C29H37N5O10/c1-6-32-12-13-33(24(38)23(32)37)27(42)31-17(16-10-8-7-9-11-16)21(35)30-18-20-29(43,14-44-26(41)28(3,4)5)15(2)19(25(39)40)34(20)22(18)36/h7-11,15,17-20,43H,6,12-14H2,1-5H3,(H,30,35)(H,31,42)(H,39,40)/t15?,17?,18?,19?,20-,29?/m0/s1. The summed E-state index contributed by atoms with van der Waals surface area (Å²) >= 11 is 0. The number of amides is 6. The van der Waals surface area contributed by atoms with Gasteiger partial charge in [-0.25, -0.2) is 9.59 Å². The topological polar surface area (TPSA) is 203 Å². The van der Waals surface area contributed by atoms with Gasteiger partial charge in [-0.05, 0) is 33.3 Å². The first kappa shape index (κ1) is 32.4. The molecule has 3 heterocycles. The first-order chi connectivity index (χ1) is 20.5. The number of aliphatic carboxylic acids is 1. The number of nitrogens with one attached hydrogen (secondary N) is 2. The average molecular weight is 616 g/mol. The van der Waals surface area contributed by atoms with Crippen LogP contribution in [0, 0.1) is 11.3 Å². The molecule has 5 unspecified atom stereocenters. The summed E-state index contributed by atoms with van der Waals surface area (Å²) in [5.41, 5.74) is -2.68. The zero-order valence-corrected chi connectivity index (χ0v) is 25.1. The van der Waals surface area contributed by atoms with Crippen LogP contribution in [0.3, 0.4) is 0 Å². The highest BCUT2D eigenvalue weighted by Gasteiger charge is 2.71. The number of carbonyl (C=O) groups is 7. The quantitative estimate of drug-likeness (QED) is 0.164. The second-order valence-corrected chi connectivity index (χ2v) is 12.2. The number of imide groups is 1. The zero-order valence-electron chi connectivity index (χ0n) is 25.1. The summed E-state index contributed by atoms with van der Waals surface area (Å²) in [6, 6.07) is 1.34. The molecule has 0 bridgehead atoms. The highest BCUT2D eigenvalue weighted by Crippen LogP contribution is 2.47. The van der Waals surface area contributed by atoms with Crippen LogP contribution < -0.4 is 10.6 Å². The Bertz CT molecular complexity index is 1380. The lowest BCUT2D eigenvalue weighted by Gasteiger charge is -2.48. The summed E-state index contributed by atoms with van der Waals surface area (Å²) < 4.78 is 5.35. The van der Waals surface area contributed by atoms with Crippen molar-refractivity contribution in [3.8, 4) is 0 Å². The Kier molecular flexibility index (Phi) is 8.73. The van der Waals surface area contributed by atoms with E-state index in [-0.39, 0.29) is 25.2 Å². The smallest absolute Gasteiger partial charge is 0.326 e. The summed E-state index contributed by atoms with van der Waals surface area (Å²) in [4.78, 5) is 92.6. The van der Waals surface area contributed by atoms with Crippen LogP contribution in [0.2, 0.25) is 0 Å². The van der Waals surface area contributed by atoms with Crippen molar-refractivity contribution in [2.24, 2.45) is 11.3 Å². The van der Waals surface area contributed by atoms with Crippen LogP contribution in [0.4, 0.5) is 4.79 Å². The number of aliphatic hydroxyl groups is 1. The first-order valence-electron chi connectivity index (χ1n) is 14.3. The molecule has 4 rings (SSSR count). The number of β-lactam (4-membered cyclic amide) rings is 1. The fourth-order valence-corrected chi connectivity index (χ4v) is 5.78. The second-order valence-electron chi connectivity index (χ2n) is 12.2. The van der Waals surface area contributed by atoms with Gasteiger partial charge in [-0.1, -0.05) is 37.3 Å². The third kappa shape index (κ3) is 5.58. The molecule has 0 saturated carbocycles. The Hall–Kier alpha value is -4.53. The molecule has 0 aliphatic carbocycles. The van der Waals surface area contributed by atoms with Crippen molar-refractivity contribution in [3.63, 3.8) is 0 Å². The van der Waals surface area contributed by atoms with Crippen molar-refractivity contribution in [3.05, 3.63) is 35.9 Å². The molecule has 6 amide bonds. The van der Waals surface area contributed by atoms with Crippen molar-refractivity contribution in [1.82, 2.24) is 25.3 Å². The van der Waals surface area contributed by atoms with E-state index in [1.165, 1.54) is 24.0 Å². The van der Waals surface area contributed by atoms with Gasteiger partial charge >= 0.3 is 29.8 Å². The number of hydrogen-bond donors (Lipinski definition) is 4. The maximum Gasteiger partial charge on any atom is 0.326 e. The van der Waals surface area contributed by atoms with E-state index in [1.807, 2.05) is 0 Å². The molecule has 3 saturated heterocycles. The highest BCUT2D eigenvalue weighted by molar-refractivity contribution is 6.38. The summed E-state index contributed by atoms with van der Waals surface area (Å²) in [6.07, 6.45) is 0. The predicted octanol–water partition coefficient (Wildman–Crippen LogP) is -0.753. The molecule has 1 aromatic rings. The third-order valence-electron chi connectivity index (χ3n) is 8.41. The number of likely N-dealkylation sites (N-methyl/N-ethyl adjacent to an activating group) is 1. The molecule has 3 fully saturated rings. The molecule has 238 valence electrons. The predicted molar refractivity (Wildman–Crippen MR) is 150 cm³/mol. The molecule has 3 aliphatic heterocycles. The summed E-state index contributed by atoms with van der Waals surface area (Å²) in [6.45, 7) is 7.59. The monoisotopic (exact) mass is 615 g/mol. The number of nitrogens with zero attached hydrogens (tertiary/aromatic N) is 3. The summed E-state index contributed by atoms with van der Waals surface area (Å²) in [7, 11) is 0. The lowest BCUT2D eigenvalue weighted by Crippen LogP contribution is -2.76. The molecule has 6 atom stereocenters. The number of benzene rings is 1. The third-order valence-corrected chi connectivity index (χ3v) is 8.41. The summed E-state index contributed by atoms with van der Waals surface area (Å²) in [5, 5.41) is 26.5. The minimum Gasteiger partial charge on any atom is -0.480 e. The van der Waals surface area contributed by atoms with E-state index in [0.29, 0.717) is 4.90 Å². The average Bonchev–Trinajstić information content (AvgIpc) is 3.18. The number of rotatable bonds is 8. The molecular weight excluding hydrogens is 578 g/mol. The molecule has 15 nitrogen and oxygen atoms in total. The van der Waals surface area contributed by atoms with E-state index in [9.17, 15) is 43.8 Å². The van der Waals surface area contributed by atoms with Crippen LogP contribution in [-0.4, -0.2) is 116 Å². The lowest BCUT2D eigenvalue weighted by molar-refractivity contribution is -0.176. The maximum atomic E-state index is 13.7. The van der Waals surface area contributed by atoms with Crippen molar-refractivity contribution < 1.29 is 48.5 Å². The number of fused-ring (bicyclic) bond motifs is 1. The van der Waals surface area contributed by atoms with Crippen LogP contribution in [0.1, 0.15) is 46.2 Å². The Morgan fingerprint density at radius 2 is 1.70 bits per heavy atom. The van der Waals surface area contributed by atoms with Gasteiger partial charge in [-0.15, -0.1) is 0 Å². The molecule has 1 aromatic carbocycles. The molecule has 44 heavy (non-hydrogen) atoms. The van der Waals surface area contributed by atoms with Gasteiger partial charge < -0.3 is 35.4 Å². The molecule has 0 spiro atoms. The fourth-order valence-electron chi connectivity index (χ4n) is 5.78. The normalized spacial score (nSPS) is 27.3. The number of ether oxygens (including phenoxy) is 1. The van der Waals surface area contributed by atoms with Gasteiger partial charge in [0, 0.05) is 25.6 Å². The zero-order chi connectivity index (χ0) is 32.7. The maximum absolute atomic E-state index is 13.7.